The van der Waals surface area contributed by atoms with E-state index >= 15 is 0 Å². The van der Waals surface area contributed by atoms with Crippen LogP contribution in [-0.4, -0.2) is 17.1 Å². The maximum absolute atomic E-state index is 13.4. The molecule has 0 aliphatic carbocycles. The van der Waals surface area contributed by atoms with Gasteiger partial charge in [0.1, 0.15) is 18.1 Å². The van der Waals surface area contributed by atoms with Crippen molar-refractivity contribution in [2.24, 2.45) is 0 Å². The Labute approximate surface area is 224 Å². The highest BCUT2D eigenvalue weighted by Crippen LogP contribution is 2.37. The molecule has 0 atom stereocenters. The number of esters is 1. The minimum Gasteiger partial charge on any atom is -0.489 e. The van der Waals surface area contributed by atoms with E-state index in [1.807, 2.05) is 78.9 Å². The van der Waals surface area contributed by atoms with Gasteiger partial charge in [-0.2, -0.15) is 13.2 Å². The van der Waals surface area contributed by atoms with Crippen LogP contribution in [0.25, 0.3) is 22.0 Å². The zero-order valence-corrected chi connectivity index (χ0v) is 21.2. The van der Waals surface area contributed by atoms with Gasteiger partial charge in [0.25, 0.3) is 0 Å². The van der Waals surface area contributed by atoms with Gasteiger partial charge in [-0.25, -0.2) is 4.79 Å². The summed E-state index contributed by atoms with van der Waals surface area (Å²) >= 11 is 0. The molecule has 0 fully saturated rings. The number of aromatic nitrogens is 1. The minimum atomic E-state index is -4.46. The van der Waals surface area contributed by atoms with E-state index in [2.05, 4.69) is 0 Å². The van der Waals surface area contributed by atoms with E-state index in [0.717, 1.165) is 34.2 Å². The Bertz CT molecular complexity index is 1590. The zero-order valence-electron chi connectivity index (χ0n) is 21.2. The van der Waals surface area contributed by atoms with Gasteiger partial charge in [-0.3, -0.25) is 0 Å². The first-order valence-corrected chi connectivity index (χ1v) is 12.6. The Morgan fingerprint density at radius 3 is 2.23 bits per heavy atom. The number of nitrogens with zero attached hydrogens (tertiary/aromatic N) is 1. The Hall–Kier alpha value is -4.52. The Balaban J connectivity index is 1.57. The quantitative estimate of drug-likeness (QED) is 0.191. The number of carbonyl (C=O) groups excluding carboxylic acids is 1. The van der Waals surface area contributed by atoms with Gasteiger partial charge in [-0.15, -0.1) is 0 Å². The van der Waals surface area contributed by atoms with Crippen molar-refractivity contribution in [3.63, 3.8) is 0 Å². The van der Waals surface area contributed by atoms with Crippen LogP contribution in [0.1, 0.15) is 34.1 Å². The van der Waals surface area contributed by atoms with Crippen molar-refractivity contribution in [1.82, 2.24) is 4.57 Å². The molecule has 4 aromatic carbocycles. The van der Waals surface area contributed by atoms with Crippen molar-refractivity contribution >= 4 is 16.9 Å². The first-order valence-electron chi connectivity index (χ1n) is 12.6. The predicted molar refractivity (Wildman–Crippen MR) is 145 cm³/mol. The molecule has 39 heavy (non-hydrogen) atoms. The number of para-hydroxylation sites is 1. The van der Waals surface area contributed by atoms with Crippen molar-refractivity contribution in [3.8, 4) is 16.9 Å². The number of fused-ring (bicyclic) bond motifs is 1. The van der Waals surface area contributed by atoms with E-state index in [1.165, 1.54) is 6.07 Å². The maximum Gasteiger partial charge on any atom is 0.416 e. The SMILES string of the molecule is CCOC(=O)c1c(-c2ccc(OCc3ccccc3)cc2)c2ccccc2n1Cc1cccc(C(F)(F)F)c1. The topological polar surface area (TPSA) is 40.5 Å². The molecule has 5 rings (SSSR count). The van der Waals surface area contributed by atoms with Gasteiger partial charge >= 0.3 is 12.1 Å². The number of hydrogen-bond acceptors (Lipinski definition) is 3. The fourth-order valence-electron chi connectivity index (χ4n) is 4.66. The van der Waals surface area contributed by atoms with Gasteiger partial charge < -0.3 is 14.0 Å². The summed E-state index contributed by atoms with van der Waals surface area (Å²) in [5.41, 5.74) is 3.16. The number of carbonyl (C=O) groups is 1. The van der Waals surface area contributed by atoms with Gasteiger partial charge in [-0.1, -0.05) is 72.8 Å². The highest BCUT2D eigenvalue weighted by atomic mass is 19.4. The second-order valence-electron chi connectivity index (χ2n) is 9.04. The smallest absolute Gasteiger partial charge is 0.416 e. The second-order valence-corrected chi connectivity index (χ2v) is 9.04. The average Bonchev–Trinajstić information content (AvgIpc) is 3.27. The number of halogens is 3. The largest absolute Gasteiger partial charge is 0.489 e. The standard InChI is InChI=1S/C32H26F3NO3/c1-2-38-31(37)30-29(24-15-17-26(18-16-24)39-21-22-9-4-3-5-10-22)27-13-6-7-14-28(27)36(30)20-23-11-8-12-25(19-23)32(33,34)35/h3-19H,2,20-21H2,1H3. The molecule has 0 radical (unpaired) electrons. The molecule has 0 N–H and O–H groups in total. The summed E-state index contributed by atoms with van der Waals surface area (Å²) in [6.07, 6.45) is -4.46. The minimum absolute atomic E-state index is 0.0663. The normalized spacial score (nSPS) is 11.5. The van der Waals surface area contributed by atoms with Crippen molar-refractivity contribution < 1.29 is 27.4 Å². The lowest BCUT2D eigenvalue weighted by atomic mass is 10.0. The molecule has 0 amide bonds. The first kappa shape index (κ1) is 26.1. The molecule has 198 valence electrons. The highest BCUT2D eigenvalue weighted by molar-refractivity contribution is 6.08. The third-order valence-electron chi connectivity index (χ3n) is 6.43. The molecule has 1 heterocycles. The number of hydrogen-bond donors (Lipinski definition) is 0. The summed E-state index contributed by atoms with van der Waals surface area (Å²) in [4.78, 5) is 13.3. The van der Waals surface area contributed by atoms with Crippen LogP contribution in [0.4, 0.5) is 13.2 Å². The molecule has 0 aliphatic heterocycles. The molecule has 0 saturated carbocycles. The van der Waals surface area contributed by atoms with Crippen LogP contribution < -0.4 is 4.74 Å². The second kappa shape index (κ2) is 11.1. The van der Waals surface area contributed by atoms with Gasteiger partial charge in [0.15, 0.2) is 0 Å². The maximum atomic E-state index is 13.4. The van der Waals surface area contributed by atoms with Gasteiger partial charge in [0.2, 0.25) is 0 Å². The summed E-state index contributed by atoms with van der Waals surface area (Å²) in [6.45, 7) is 2.37. The molecule has 0 aliphatic rings. The molecular weight excluding hydrogens is 503 g/mol. The molecule has 0 unspecified atom stereocenters. The molecule has 7 heteroatoms. The Morgan fingerprint density at radius 1 is 0.821 bits per heavy atom. The van der Waals surface area contributed by atoms with Crippen LogP contribution in [0.3, 0.4) is 0 Å². The van der Waals surface area contributed by atoms with E-state index in [4.69, 9.17) is 9.47 Å². The number of ether oxygens (including phenoxy) is 2. The molecule has 0 spiro atoms. The lowest BCUT2D eigenvalue weighted by Gasteiger charge is -2.14. The number of alkyl halides is 3. The highest BCUT2D eigenvalue weighted by Gasteiger charge is 2.31. The lowest BCUT2D eigenvalue weighted by molar-refractivity contribution is -0.137. The zero-order chi connectivity index (χ0) is 27.4. The first-order chi connectivity index (χ1) is 18.8. The Kier molecular flexibility index (Phi) is 7.41. The van der Waals surface area contributed by atoms with Crippen LogP contribution in [0.2, 0.25) is 0 Å². The van der Waals surface area contributed by atoms with E-state index in [9.17, 15) is 18.0 Å². The molecule has 0 saturated heterocycles. The third-order valence-corrected chi connectivity index (χ3v) is 6.43. The Morgan fingerprint density at radius 2 is 1.51 bits per heavy atom. The fourth-order valence-corrected chi connectivity index (χ4v) is 4.66. The molecule has 4 nitrogen and oxygen atoms in total. The summed E-state index contributed by atoms with van der Waals surface area (Å²) in [5.74, 6) is 0.132. The average molecular weight is 530 g/mol. The third kappa shape index (κ3) is 5.67. The van der Waals surface area contributed by atoms with Crippen LogP contribution in [0, 0.1) is 0 Å². The van der Waals surface area contributed by atoms with Crippen molar-refractivity contribution in [2.75, 3.05) is 6.61 Å². The van der Waals surface area contributed by atoms with Gasteiger partial charge in [0.05, 0.1) is 12.2 Å². The van der Waals surface area contributed by atoms with Crippen molar-refractivity contribution in [1.29, 1.82) is 0 Å². The van der Waals surface area contributed by atoms with E-state index in [-0.39, 0.29) is 18.8 Å². The van der Waals surface area contributed by atoms with Crippen LogP contribution in [0.15, 0.2) is 103 Å². The number of rotatable bonds is 8. The van der Waals surface area contributed by atoms with Gasteiger partial charge in [-0.05, 0) is 53.9 Å². The van der Waals surface area contributed by atoms with Crippen LogP contribution in [-0.2, 0) is 24.1 Å². The van der Waals surface area contributed by atoms with Crippen LogP contribution in [0.5, 0.6) is 5.75 Å². The van der Waals surface area contributed by atoms with Crippen LogP contribution >= 0.6 is 0 Å². The van der Waals surface area contributed by atoms with E-state index < -0.39 is 17.7 Å². The number of benzene rings is 4. The molecule has 0 bridgehead atoms. The molecular formula is C32H26F3NO3. The summed E-state index contributed by atoms with van der Waals surface area (Å²) in [5, 5.41) is 0.797. The monoisotopic (exact) mass is 529 g/mol. The molecule has 5 aromatic rings. The van der Waals surface area contributed by atoms with Gasteiger partial charge in [0, 0.05) is 23.0 Å². The lowest BCUT2D eigenvalue weighted by Crippen LogP contribution is -2.14. The summed E-state index contributed by atoms with van der Waals surface area (Å²) in [6, 6.07) is 29.9. The van der Waals surface area contributed by atoms with E-state index in [0.29, 0.717) is 23.5 Å². The van der Waals surface area contributed by atoms with Crippen molar-refractivity contribution in [3.05, 3.63) is 126 Å². The van der Waals surface area contributed by atoms with E-state index in [1.54, 1.807) is 17.6 Å². The fraction of sp³-hybridized carbons (Fsp3) is 0.156. The van der Waals surface area contributed by atoms with Crippen molar-refractivity contribution in [2.45, 2.75) is 26.3 Å². The summed E-state index contributed by atoms with van der Waals surface area (Å²) in [7, 11) is 0. The molecule has 1 aromatic heterocycles. The summed E-state index contributed by atoms with van der Waals surface area (Å²) < 4.78 is 53.2. The predicted octanol–water partition coefficient (Wildman–Crippen LogP) is 8.13.